The number of nitrogens with zero attached hydrogens (tertiary/aromatic N) is 2. The number of carbonyl (C=O) groups excluding carboxylic acids is 1. The average Bonchev–Trinajstić information content (AvgIpc) is 2.97. The molecule has 1 fully saturated rings. The fraction of sp³-hybridized carbons (Fsp3) is 0.643. The first-order chi connectivity index (χ1) is 9.70. The minimum absolute atomic E-state index is 0.120. The van der Waals surface area contributed by atoms with Crippen molar-refractivity contribution < 1.29 is 4.79 Å². The summed E-state index contributed by atoms with van der Waals surface area (Å²) in [7, 11) is 0. The Kier molecular flexibility index (Phi) is 6.35. The van der Waals surface area contributed by atoms with Gasteiger partial charge in [-0.05, 0) is 29.9 Å². The molecular formula is C14H23N3OS2. The highest BCUT2D eigenvalue weighted by Crippen LogP contribution is 2.14. The summed E-state index contributed by atoms with van der Waals surface area (Å²) in [5.74, 6) is 1.07. The van der Waals surface area contributed by atoms with Crippen LogP contribution < -0.4 is 5.73 Å². The maximum Gasteiger partial charge on any atom is 0.239 e. The molecule has 1 amide bonds. The molecule has 0 radical (unpaired) electrons. The first-order valence-corrected chi connectivity index (χ1v) is 9.26. The molecule has 0 spiro atoms. The van der Waals surface area contributed by atoms with Gasteiger partial charge >= 0.3 is 0 Å². The Morgan fingerprint density at radius 1 is 1.45 bits per heavy atom. The molecule has 4 nitrogen and oxygen atoms in total. The Bertz CT molecular complexity index is 403. The lowest BCUT2D eigenvalue weighted by Gasteiger charge is -2.35. The van der Waals surface area contributed by atoms with Crippen LogP contribution in [0.4, 0.5) is 0 Å². The molecular weight excluding hydrogens is 290 g/mol. The molecule has 1 aliphatic heterocycles. The number of hydrogen-bond donors (Lipinski definition) is 1. The molecule has 0 saturated carbocycles. The molecule has 1 aromatic heterocycles. The normalized spacial score (nSPS) is 18.2. The van der Waals surface area contributed by atoms with Gasteiger partial charge in [0.1, 0.15) is 0 Å². The van der Waals surface area contributed by atoms with Gasteiger partial charge in [0.2, 0.25) is 5.91 Å². The molecule has 6 heteroatoms. The minimum atomic E-state index is -0.328. The summed E-state index contributed by atoms with van der Waals surface area (Å²) in [6.07, 6.45) is 2.82. The van der Waals surface area contributed by atoms with Gasteiger partial charge in [-0.2, -0.15) is 11.8 Å². The lowest BCUT2D eigenvalue weighted by molar-refractivity contribution is -0.134. The molecule has 1 aromatic rings. The zero-order valence-corrected chi connectivity index (χ0v) is 13.6. The van der Waals surface area contributed by atoms with E-state index in [-0.39, 0.29) is 11.9 Å². The Hall–Kier alpha value is -0.560. The van der Waals surface area contributed by atoms with E-state index in [1.807, 2.05) is 11.2 Å². The quantitative estimate of drug-likeness (QED) is 0.864. The van der Waals surface area contributed by atoms with Gasteiger partial charge in [0.15, 0.2) is 0 Å². The Labute approximate surface area is 129 Å². The summed E-state index contributed by atoms with van der Waals surface area (Å²) in [6.45, 7) is 4.49. The highest BCUT2D eigenvalue weighted by molar-refractivity contribution is 7.98. The van der Waals surface area contributed by atoms with Crippen molar-refractivity contribution in [1.29, 1.82) is 0 Å². The van der Waals surface area contributed by atoms with Crippen LogP contribution in [0.5, 0.6) is 0 Å². The lowest BCUT2D eigenvalue weighted by atomic mass is 10.2. The predicted octanol–water partition coefficient (Wildman–Crippen LogP) is 1.47. The second kappa shape index (κ2) is 8.02. The zero-order valence-electron chi connectivity index (χ0n) is 12.0. The van der Waals surface area contributed by atoms with Crippen molar-refractivity contribution >= 4 is 29.0 Å². The van der Waals surface area contributed by atoms with Gasteiger partial charge in [-0.3, -0.25) is 9.69 Å². The summed E-state index contributed by atoms with van der Waals surface area (Å²) in [5, 5.41) is 2.11. The van der Waals surface area contributed by atoms with Crippen LogP contribution in [0, 0.1) is 0 Å². The molecule has 1 atom stereocenters. The minimum Gasteiger partial charge on any atom is -0.339 e. The van der Waals surface area contributed by atoms with Gasteiger partial charge in [-0.1, -0.05) is 6.07 Å². The van der Waals surface area contributed by atoms with Crippen LogP contribution in [0.3, 0.4) is 0 Å². The van der Waals surface area contributed by atoms with Gasteiger partial charge in [0.05, 0.1) is 6.04 Å². The summed E-state index contributed by atoms with van der Waals surface area (Å²) in [6, 6.07) is 3.93. The number of rotatable bonds is 6. The fourth-order valence-electron chi connectivity index (χ4n) is 2.35. The van der Waals surface area contributed by atoms with Crippen molar-refractivity contribution in [3.05, 3.63) is 22.4 Å². The standard InChI is InChI=1S/C14H23N3OS2/c1-19-10-4-13(15)14(18)17-7-5-16(6-8-17)11-12-3-2-9-20-12/h2-3,9,13H,4-8,10-11,15H2,1H3/t13-/m0/s1. The van der Waals surface area contributed by atoms with Gasteiger partial charge in [-0.15, -0.1) is 11.3 Å². The highest BCUT2D eigenvalue weighted by Gasteiger charge is 2.24. The smallest absolute Gasteiger partial charge is 0.239 e. The van der Waals surface area contributed by atoms with Crippen molar-refractivity contribution in [3.63, 3.8) is 0 Å². The highest BCUT2D eigenvalue weighted by atomic mass is 32.2. The molecule has 1 saturated heterocycles. The molecule has 2 N–H and O–H groups in total. The molecule has 20 heavy (non-hydrogen) atoms. The molecule has 112 valence electrons. The number of thioether (sulfide) groups is 1. The third-order valence-corrected chi connectivity index (χ3v) is 5.10. The van der Waals surface area contributed by atoms with E-state index in [4.69, 9.17) is 5.73 Å². The SMILES string of the molecule is CSCC[C@H](N)C(=O)N1CCN(Cc2cccs2)CC1. The number of thiophene rings is 1. The average molecular weight is 313 g/mol. The van der Waals surface area contributed by atoms with E-state index in [1.54, 1.807) is 23.1 Å². The van der Waals surface area contributed by atoms with E-state index in [9.17, 15) is 4.79 Å². The maximum atomic E-state index is 12.2. The largest absolute Gasteiger partial charge is 0.339 e. The molecule has 0 aliphatic carbocycles. The zero-order chi connectivity index (χ0) is 14.4. The van der Waals surface area contributed by atoms with E-state index >= 15 is 0 Å². The molecule has 2 rings (SSSR count). The van der Waals surface area contributed by atoms with Crippen LogP contribution in [-0.2, 0) is 11.3 Å². The molecule has 0 unspecified atom stereocenters. The first kappa shape index (κ1) is 15.8. The van der Waals surface area contributed by atoms with Crippen molar-refractivity contribution in [3.8, 4) is 0 Å². The van der Waals surface area contributed by atoms with Crippen LogP contribution in [-0.4, -0.2) is 59.9 Å². The van der Waals surface area contributed by atoms with Gasteiger partial charge in [0.25, 0.3) is 0 Å². The third-order valence-electron chi connectivity index (χ3n) is 3.59. The van der Waals surface area contributed by atoms with Crippen LogP contribution in [0.2, 0.25) is 0 Å². The summed E-state index contributed by atoms with van der Waals surface area (Å²) in [5.41, 5.74) is 5.96. The van der Waals surface area contributed by atoms with Gasteiger partial charge < -0.3 is 10.6 Å². The second-order valence-corrected chi connectivity index (χ2v) is 7.09. The summed E-state index contributed by atoms with van der Waals surface area (Å²) in [4.78, 5) is 17.9. The topological polar surface area (TPSA) is 49.6 Å². The third kappa shape index (κ3) is 4.48. The summed E-state index contributed by atoms with van der Waals surface area (Å²) >= 11 is 3.53. The Morgan fingerprint density at radius 3 is 2.80 bits per heavy atom. The van der Waals surface area contributed by atoms with Crippen LogP contribution in [0.15, 0.2) is 17.5 Å². The molecule has 0 aromatic carbocycles. The van der Waals surface area contributed by atoms with Crippen LogP contribution in [0.25, 0.3) is 0 Å². The predicted molar refractivity (Wildman–Crippen MR) is 87.2 cm³/mol. The van der Waals surface area contributed by atoms with E-state index in [2.05, 4.69) is 22.4 Å². The number of carbonyl (C=O) groups is 1. The van der Waals surface area contributed by atoms with Crippen molar-refractivity contribution in [1.82, 2.24) is 9.80 Å². The number of hydrogen-bond acceptors (Lipinski definition) is 5. The van der Waals surface area contributed by atoms with E-state index in [0.29, 0.717) is 0 Å². The van der Waals surface area contributed by atoms with E-state index < -0.39 is 0 Å². The van der Waals surface area contributed by atoms with Crippen molar-refractivity contribution in [2.75, 3.05) is 38.2 Å². The second-order valence-electron chi connectivity index (χ2n) is 5.07. The Morgan fingerprint density at radius 2 is 2.20 bits per heavy atom. The molecule has 0 bridgehead atoms. The van der Waals surface area contributed by atoms with Gasteiger partial charge in [-0.25, -0.2) is 0 Å². The summed E-state index contributed by atoms with van der Waals surface area (Å²) < 4.78 is 0. The monoisotopic (exact) mass is 313 g/mol. The van der Waals surface area contributed by atoms with E-state index in [0.717, 1.165) is 44.9 Å². The van der Waals surface area contributed by atoms with E-state index in [1.165, 1.54) is 4.88 Å². The number of nitrogens with two attached hydrogens (primary N) is 1. The lowest BCUT2D eigenvalue weighted by Crippen LogP contribution is -2.52. The van der Waals surface area contributed by atoms with Crippen LogP contribution >= 0.6 is 23.1 Å². The maximum absolute atomic E-state index is 12.2. The molecule has 1 aliphatic rings. The van der Waals surface area contributed by atoms with Gasteiger partial charge in [0, 0.05) is 37.6 Å². The number of amides is 1. The first-order valence-electron chi connectivity index (χ1n) is 6.98. The Balaban J connectivity index is 1.74. The number of piperazine rings is 1. The molecule has 2 heterocycles. The van der Waals surface area contributed by atoms with Crippen molar-refractivity contribution in [2.24, 2.45) is 5.73 Å². The van der Waals surface area contributed by atoms with Crippen molar-refractivity contribution in [2.45, 2.75) is 19.0 Å². The van der Waals surface area contributed by atoms with Crippen LogP contribution in [0.1, 0.15) is 11.3 Å². The fourth-order valence-corrected chi connectivity index (χ4v) is 3.59.